The third kappa shape index (κ3) is 3.66. The maximum absolute atomic E-state index is 13.2. The smallest absolute Gasteiger partial charge is 0.255 e. The number of nitrogens with zero attached hydrogens (tertiary/aromatic N) is 4. The van der Waals surface area contributed by atoms with E-state index in [1.54, 1.807) is 17.3 Å². The van der Waals surface area contributed by atoms with Gasteiger partial charge in [0, 0.05) is 55.5 Å². The second kappa shape index (κ2) is 8.49. The third-order valence-corrected chi connectivity index (χ3v) is 9.13. The van der Waals surface area contributed by atoms with Crippen LogP contribution in [0.25, 0.3) is 0 Å². The lowest BCUT2D eigenvalue weighted by Gasteiger charge is -2.53. The largest absolute Gasteiger partial charge is 0.489 e. The maximum atomic E-state index is 13.2. The number of aromatic nitrogens is 2. The summed E-state index contributed by atoms with van der Waals surface area (Å²) in [4.78, 5) is 50.6. The van der Waals surface area contributed by atoms with E-state index in [1.165, 1.54) is 6.42 Å². The number of ether oxygens (including phenoxy) is 1. The predicted octanol–water partition coefficient (Wildman–Crippen LogP) is 2.68. The number of hydrogen-bond donors (Lipinski definition) is 1. The average molecular weight is 522 g/mol. The van der Waals surface area contributed by atoms with Gasteiger partial charge in [0.25, 0.3) is 11.8 Å². The van der Waals surface area contributed by atoms with Gasteiger partial charge >= 0.3 is 0 Å². The number of imide groups is 1. The molecule has 1 N–H and O–H groups in total. The molecule has 5 heterocycles. The lowest BCUT2D eigenvalue weighted by molar-refractivity contribution is -0.160. The first-order valence-corrected chi connectivity index (χ1v) is 13.5. The lowest BCUT2D eigenvalue weighted by Crippen LogP contribution is -2.73. The Morgan fingerprint density at radius 2 is 1.78 bits per heavy atom. The summed E-state index contributed by atoms with van der Waals surface area (Å²) in [6, 6.07) is 5.98. The molecule has 37 heavy (non-hydrogen) atoms. The van der Waals surface area contributed by atoms with Gasteiger partial charge in [0.2, 0.25) is 5.91 Å². The van der Waals surface area contributed by atoms with Crippen molar-refractivity contribution in [3.05, 3.63) is 52.6 Å². The van der Waals surface area contributed by atoms with Crippen LogP contribution in [0, 0.1) is 5.92 Å². The Labute approximate surface area is 219 Å². The number of amides is 3. The van der Waals surface area contributed by atoms with Crippen LogP contribution in [0.3, 0.4) is 0 Å². The molecule has 1 aromatic heterocycles. The van der Waals surface area contributed by atoms with Gasteiger partial charge in [0.15, 0.2) is 0 Å². The Hall–Kier alpha value is -3.04. The van der Waals surface area contributed by atoms with Crippen molar-refractivity contribution in [2.24, 2.45) is 5.92 Å². The van der Waals surface area contributed by atoms with Crippen molar-refractivity contribution in [3.63, 3.8) is 0 Å². The zero-order chi connectivity index (χ0) is 25.3. The molecule has 2 aromatic rings. The number of benzene rings is 1. The highest BCUT2D eigenvalue weighted by Gasteiger charge is 2.63. The van der Waals surface area contributed by atoms with Gasteiger partial charge in [-0.2, -0.15) is 0 Å². The van der Waals surface area contributed by atoms with Crippen LogP contribution in [0.2, 0.25) is 5.02 Å². The Bertz CT molecular complexity index is 1290. The van der Waals surface area contributed by atoms with E-state index in [0.717, 1.165) is 49.5 Å². The van der Waals surface area contributed by atoms with E-state index in [0.29, 0.717) is 41.9 Å². The normalized spacial score (nSPS) is 31.4. The summed E-state index contributed by atoms with van der Waals surface area (Å²) in [6.45, 7) is 2.18. The van der Waals surface area contributed by atoms with E-state index in [2.05, 4.69) is 20.2 Å². The van der Waals surface area contributed by atoms with E-state index in [-0.39, 0.29) is 29.7 Å². The summed E-state index contributed by atoms with van der Waals surface area (Å²) >= 11 is 5.93. The monoisotopic (exact) mass is 521 g/mol. The van der Waals surface area contributed by atoms with E-state index in [4.69, 9.17) is 16.3 Å². The first kappa shape index (κ1) is 23.1. The minimum Gasteiger partial charge on any atom is -0.489 e. The Morgan fingerprint density at radius 1 is 1.03 bits per heavy atom. The summed E-state index contributed by atoms with van der Waals surface area (Å²) in [5, 5.41) is 2.99. The molecule has 4 aliphatic heterocycles. The van der Waals surface area contributed by atoms with Gasteiger partial charge in [0.05, 0.1) is 5.02 Å². The number of fused-ring (bicyclic) bond motifs is 3. The molecule has 9 nitrogen and oxygen atoms in total. The van der Waals surface area contributed by atoms with Crippen LogP contribution < -0.4 is 10.1 Å². The van der Waals surface area contributed by atoms with Crippen molar-refractivity contribution < 1.29 is 19.1 Å². The third-order valence-electron chi connectivity index (χ3n) is 8.94. The van der Waals surface area contributed by atoms with Crippen molar-refractivity contribution in [1.82, 2.24) is 25.1 Å². The van der Waals surface area contributed by atoms with E-state index in [9.17, 15) is 14.4 Å². The number of nitrogens with one attached hydrogen (secondary N) is 1. The van der Waals surface area contributed by atoms with Gasteiger partial charge in [-0.1, -0.05) is 18.0 Å². The number of halogens is 1. The molecule has 0 radical (unpaired) electrons. The van der Waals surface area contributed by atoms with Crippen LogP contribution in [0.4, 0.5) is 0 Å². The Kier molecular flexibility index (Phi) is 5.30. The summed E-state index contributed by atoms with van der Waals surface area (Å²) < 4.78 is 6.55. The number of piperidine rings is 2. The molecule has 192 valence electrons. The van der Waals surface area contributed by atoms with Gasteiger partial charge < -0.3 is 9.64 Å². The number of likely N-dealkylation sites (tertiary alicyclic amines) is 1. The van der Waals surface area contributed by atoms with Crippen LogP contribution >= 0.6 is 11.6 Å². The highest BCUT2D eigenvalue weighted by molar-refractivity contribution is 6.30. The molecule has 0 unspecified atom stereocenters. The molecule has 8 rings (SSSR count). The molecular weight excluding hydrogens is 494 g/mol. The lowest BCUT2D eigenvalue weighted by atomic mass is 9.63. The quantitative estimate of drug-likeness (QED) is 0.603. The SMILES string of the molecule is O=C1NC(=O)C2(N3Cc4cc(O[C@@H]5CCCC[C@@H]5N5CC(c6ncc(Cl)cn6)C5)ccc4C3=O)CC1C2. The molecule has 5 fully saturated rings. The molecule has 2 saturated carbocycles. The van der Waals surface area contributed by atoms with Gasteiger partial charge in [-0.3, -0.25) is 24.6 Å². The molecule has 2 bridgehead atoms. The molecule has 1 aromatic carbocycles. The summed E-state index contributed by atoms with van der Waals surface area (Å²) in [7, 11) is 0. The molecule has 3 amide bonds. The maximum Gasteiger partial charge on any atom is 0.255 e. The fraction of sp³-hybridized carbons (Fsp3) is 0.519. The van der Waals surface area contributed by atoms with E-state index in [1.807, 2.05) is 18.2 Å². The molecule has 10 heteroatoms. The summed E-state index contributed by atoms with van der Waals surface area (Å²) in [5.74, 6) is 1.03. The van der Waals surface area contributed by atoms with Crippen molar-refractivity contribution in [2.75, 3.05) is 13.1 Å². The second-order valence-electron chi connectivity index (χ2n) is 11.1. The zero-order valence-corrected chi connectivity index (χ0v) is 21.1. The standard InChI is InChI=1S/C27H28ClN5O4/c28-18-10-29-23(30-11-18)17-12-32(13-17)21-3-1-2-4-22(21)37-19-5-6-20-15(7-19)14-33(25(20)35)27-8-16(9-27)24(34)31-26(27)36/h5-7,10-11,16-17,21-22H,1-4,8-9,12-14H2,(H,31,34,36)/t16?,21-,22+,27?/m0/s1. The van der Waals surface area contributed by atoms with E-state index < -0.39 is 5.54 Å². The van der Waals surface area contributed by atoms with Crippen molar-refractivity contribution >= 4 is 29.3 Å². The number of hydrogen-bond acceptors (Lipinski definition) is 7. The molecule has 2 atom stereocenters. The topological polar surface area (TPSA) is 105 Å². The van der Waals surface area contributed by atoms with Crippen LogP contribution in [-0.2, 0) is 16.1 Å². The first-order chi connectivity index (χ1) is 17.9. The Balaban J connectivity index is 1.03. The molecular formula is C27H28ClN5O4. The van der Waals surface area contributed by atoms with Crippen molar-refractivity contribution in [3.8, 4) is 5.75 Å². The molecule has 6 aliphatic rings. The van der Waals surface area contributed by atoms with Crippen LogP contribution in [0.15, 0.2) is 30.6 Å². The van der Waals surface area contributed by atoms with Gasteiger partial charge in [-0.25, -0.2) is 9.97 Å². The fourth-order valence-corrected chi connectivity index (χ4v) is 6.90. The van der Waals surface area contributed by atoms with Crippen LogP contribution in [0.1, 0.15) is 66.2 Å². The van der Waals surface area contributed by atoms with E-state index >= 15 is 0 Å². The summed E-state index contributed by atoms with van der Waals surface area (Å²) in [6.07, 6.45) is 8.62. The number of rotatable bonds is 5. The van der Waals surface area contributed by atoms with Crippen LogP contribution in [0.5, 0.6) is 5.75 Å². The van der Waals surface area contributed by atoms with Crippen LogP contribution in [-0.4, -0.2) is 68.3 Å². The zero-order valence-electron chi connectivity index (χ0n) is 20.4. The van der Waals surface area contributed by atoms with Crippen molar-refractivity contribution in [1.29, 1.82) is 0 Å². The molecule has 0 spiro atoms. The first-order valence-electron chi connectivity index (χ1n) is 13.1. The summed E-state index contributed by atoms with van der Waals surface area (Å²) in [5.41, 5.74) is 0.594. The fourth-order valence-electron chi connectivity index (χ4n) is 6.80. The highest BCUT2D eigenvalue weighted by atomic mass is 35.5. The minimum absolute atomic E-state index is 0.0770. The van der Waals surface area contributed by atoms with Gasteiger partial charge in [0.1, 0.15) is 23.2 Å². The second-order valence-corrected chi connectivity index (χ2v) is 11.5. The van der Waals surface area contributed by atoms with Gasteiger partial charge in [-0.15, -0.1) is 0 Å². The number of carbonyl (C=O) groups excluding carboxylic acids is 3. The minimum atomic E-state index is -0.897. The van der Waals surface area contributed by atoms with Crippen molar-refractivity contribution in [2.45, 2.75) is 68.7 Å². The predicted molar refractivity (Wildman–Crippen MR) is 133 cm³/mol. The molecule has 3 saturated heterocycles. The molecule has 2 aliphatic carbocycles. The number of carbonyl (C=O) groups is 3. The van der Waals surface area contributed by atoms with Gasteiger partial charge in [-0.05, 0) is 55.9 Å². The average Bonchev–Trinajstić information content (AvgIpc) is 3.15. The Morgan fingerprint density at radius 3 is 2.54 bits per heavy atom. The highest BCUT2D eigenvalue weighted by Crippen LogP contribution is 2.49.